The van der Waals surface area contributed by atoms with Crippen molar-refractivity contribution in [2.75, 3.05) is 26.2 Å². The molecule has 6 nitrogen and oxygen atoms in total. The van der Waals surface area contributed by atoms with Crippen molar-refractivity contribution in [3.8, 4) is 0 Å². The van der Waals surface area contributed by atoms with Gasteiger partial charge in [-0.15, -0.1) is 0 Å². The largest absolute Gasteiger partial charge is 0.440 e. The second-order valence-electron chi connectivity index (χ2n) is 9.05. The molecule has 3 aromatic rings. The first-order valence-corrected chi connectivity index (χ1v) is 11.6. The maximum Gasteiger partial charge on any atom is 0.253 e. The molecular formula is C26H29N3O3. The Morgan fingerprint density at radius 3 is 2.22 bits per heavy atom. The third kappa shape index (κ3) is 4.14. The van der Waals surface area contributed by atoms with Crippen molar-refractivity contribution in [3.63, 3.8) is 0 Å². The lowest BCUT2D eigenvalue weighted by Crippen LogP contribution is -2.46. The topological polar surface area (TPSA) is 66.7 Å². The minimum atomic E-state index is 0.0120. The van der Waals surface area contributed by atoms with Gasteiger partial charge in [-0.1, -0.05) is 29.8 Å². The average Bonchev–Trinajstić information content (AvgIpc) is 3.28. The van der Waals surface area contributed by atoms with Crippen LogP contribution in [-0.2, 0) is 4.79 Å². The van der Waals surface area contributed by atoms with E-state index in [1.165, 1.54) is 0 Å². The number of hydrogen-bond acceptors (Lipinski definition) is 4. The first-order valence-electron chi connectivity index (χ1n) is 11.6. The lowest BCUT2D eigenvalue weighted by atomic mass is 9.91. The van der Waals surface area contributed by atoms with Crippen molar-refractivity contribution in [1.29, 1.82) is 0 Å². The molecule has 0 spiro atoms. The number of carbonyl (C=O) groups is 2. The van der Waals surface area contributed by atoms with E-state index in [2.05, 4.69) is 4.98 Å². The Balaban J connectivity index is 1.13. The van der Waals surface area contributed by atoms with Crippen LogP contribution in [0.4, 0.5) is 0 Å². The van der Waals surface area contributed by atoms with Crippen molar-refractivity contribution in [3.05, 3.63) is 65.5 Å². The van der Waals surface area contributed by atoms with Gasteiger partial charge in [0.05, 0.1) is 0 Å². The number of benzene rings is 2. The normalized spacial score (nSPS) is 18.3. The monoisotopic (exact) mass is 431 g/mol. The number of likely N-dealkylation sites (tertiary alicyclic amines) is 2. The maximum atomic E-state index is 13.1. The molecule has 32 heavy (non-hydrogen) atoms. The molecule has 2 aliphatic rings. The summed E-state index contributed by atoms with van der Waals surface area (Å²) < 4.78 is 5.94. The fourth-order valence-corrected chi connectivity index (χ4v) is 4.88. The maximum absolute atomic E-state index is 13.1. The molecule has 2 amide bonds. The molecule has 1 aromatic heterocycles. The Hall–Kier alpha value is -3.15. The summed E-state index contributed by atoms with van der Waals surface area (Å²) in [5.41, 5.74) is 3.59. The molecule has 2 aliphatic heterocycles. The van der Waals surface area contributed by atoms with E-state index >= 15 is 0 Å². The van der Waals surface area contributed by atoms with Crippen molar-refractivity contribution in [2.45, 2.75) is 38.5 Å². The number of aromatic nitrogens is 1. The van der Waals surface area contributed by atoms with Crippen LogP contribution >= 0.6 is 0 Å². The highest BCUT2D eigenvalue weighted by Crippen LogP contribution is 2.31. The van der Waals surface area contributed by atoms with Gasteiger partial charge in [0, 0.05) is 43.6 Å². The Kier molecular flexibility index (Phi) is 5.68. The third-order valence-corrected chi connectivity index (χ3v) is 6.90. The number of aryl methyl sites for hydroxylation is 1. The standard InChI is InChI=1S/C26H29N3O3/c1-18-6-8-20(9-7-18)25(30)29-16-12-21(13-17-29)26(31)28-14-10-19(11-15-28)24-27-22-4-2-3-5-23(22)32-24/h2-9,19,21H,10-17H2,1H3. The zero-order valence-corrected chi connectivity index (χ0v) is 18.5. The van der Waals surface area contributed by atoms with Gasteiger partial charge >= 0.3 is 0 Å². The van der Waals surface area contributed by atoms with Gasteiger partial charge in [-0.25, -0.2) is 4.98 Å². The number of carbonyl (C=O) groups excluding carboxylic acids is 2. The lowest BCUT2D eigenvalue weighted by molar-refractivity contribution is -0.138. The summed E-state index contributed by atoms with van der Waals surface area (Å²) in [6.45, 7) is 4.78. The fraction of sp³-hybridized carbons (Fsp3) is 0.423. The Morgan fingerprint density at radius 2 is 1.53 bits per heavy atom. The Bertz CT molecular complexity index is 1070. The summed E-state index contributed by atoms with van der Waals surface area (Å²) in [7, 11) is 0. The van der Waals surface area contributed by atoms with Crippen LogP contribution in [-0.4, -0.2) is 52.8 Å². The van der Waals surface area contributed by atoms with Crippen LogP contribution in [0.15, 0.2) is 52.9 Å². The van der Waals surface area contributed by atoms with Gasteiger partial charge in [-0.2, -0.15) is 0 Å². The van der Waals surface area contributed by atoms with E-state index in [9.17, 15) is 9.59 Å². The van der Waals surface area contributed by atoms with Gasteiger partial charge in [0.25, 0.3) is 5.91 Å². The molecule has 2 aromatic carbocycles. The number of fused-ring (bicyclic) bond motifs is 1. The third-order valence-electron chi connectivity index (χ3n) is 6.90. The number of para-hydroxylation sites is 2. The summed E-state index contributed by atoms with van der Waals surface area (Å²) in [5.74, 6) is 1.37. The first kappa shape index (κ1) is 20.7. The molecule has 2 saturated heterocycles. The van der Waals surface area contributed by atoms with E-state index in [-0.39, 0.29) is 23.7 Å². The van der Waals surface area contributed by atoms with Gasteiger partial charge in [0.15, 0.2) is 11.5 Å². The minimum absolute atomic E-state index is 0.0120. The Morgan fingerprint density at radius 1 is 0.875 bits per heavy atom. The SMILES string of the molecule is Cc1ccc(C(=O)N2CCC(C(=O)N3CCC(c4nc5ccccc5o4)CC3)CC2)cc1. The summed E-state index contributed by atoms with van der Waals surface area (Å²) in [6, 6.07) is 15.5. The highest BCUT2D eigenvalue weighted by Gasteiger charge is 2.33. The van der Waals surface area contributed by atoms with Gasteiger partial charge in [0.2, 0.25) is 5.91 Å². The van der Waals surface area contributed by atoms with Crippen molar-refractivity contribution < 1.29 is 14.0 Å². The number of nitrogens with zero attached hydrogens (tertiary/aromatic N) is 3. The molecule has 2 fully saturated rings. The van der Waals surface area contributed by atoms with Gasteiger partial charge in [0.1, 0.15) is 5.52 Å². The van der Waals surface area contributed by atoms with Crippen LogP contribution in [0.3, 0.4) is 0 Å². The van der Waals surface area contributed by atoms with E-state index < -0.39 is 0 Å². The molecule has 3 heterocycles. The summed E-state index contributed by atoms with van der Waals surface area (Å²) in [5, 5.41) is 0. The highest BCUT2D eigenvalue weighted by molar-refractivity contribution is 5.94. The molecule has 0 atom stereocenters. The molecule has 5 rings (SSSR count). The second kappa shape index (κ2) is 8.77. The zero-order chi connectivity index (χ0) is 22.1. The van der Waals surface area contributed by atoms with Gasteiger partial charge in [-0.05, 0) is 56.9 Å². The first-order chi connectivity index (χ1) is 15.6. The number of oxazole rings is 1. The van der Waals surface area contributed by atoms with E-state index in [1.54, 1.807) is 0 Å². The zero-order valence-electron chi connectivity index (χ0n) is 18.5. The van der Waals surface area contributed by atoms with Crippen LogP contribution < -0.4 is 0 Å². The van der Waals surface area contributed by atoms with E-state index in [0.717, 1.165) is 66.9 Å². The predicted molar refractivity (Wildman–Crippen MR) is 122 cm³/mol. The molecule has 6 heteroatoms. The lowest BCUT2D eigenvalue weighted by Gasteiger charge is -2.36. The molecule has 166 valence electrons. The van der Waals surface area contributed by atoms with Crippen molar-refractivity contribution in [2.24, 2.45) is 5.92 Å². The molecule has 0 N–H and O–H groups in total. The predicted octanol–water partition coefficient (Wildman–Crippen LogP) is 4.39. The van der Waals surface area contributed by atoms with Crippen LogP contribution in [0.25, 0.3) is 11.1 Å². The number of rotatable bonds is 3. The summed E-state index contributed by atoms with van der Waals surface area (Å²) in [4.78, 5) is 34.4. The van der Waals surface area contributed by atoms with Crippen LogP contribution in [0.2, 0.25) is 0 Å². The molecule has 0 saturated carbocycles. The van der Waals surface area contributed by atoms with Gasteiger partial charge < -0.3 is 14.2 Å². The number of hydrogen-bond donors (Lipinski definition) is 0. The molecular weight excluding hydrogens is 402 g/mol. The van der Waals surface area contributed by atoms with Crippen LogP contribution in [0, 0.1) is 12.8 Å². The fourth-order valence-electron chi connectivity index (χ4n) is 4.88. The van der Waals surface area contributed by atoms with Crippen molar-refractivity contribution >= 4 is 22.9 Å². The molecule has 0 bridgehead atoms. The quantitative estimate of drug-likeness (QED) is 0.617. The van der Waals surface area contributed by atoms with Gasteiger partial charge in [-0.3, -0.25) is 9.59 Å². The van der Waals surface area contributed by atoms with Crippen LogP contribution in [0.1, 0.15) is 53.4 Å². The Labute approximate surface area is 188 Å². The average molecular weight is 432 g/mol. The van der Waals surface area contributed by atoms with E-state index in [1.807, 2.05) is 65.3 Å². The summed E-state index contributed by atoms with van der Waals surface area (Å²) >= 11 is 0. The second-order valence-corrected chi connectivity index (χ2v) is 9.05. The number of amides is 2. The molecule has 0 unspecified atom stereocenters. The molecule has 0 aliphatic carbocycles. The number of piperidine rings is 2. The van der Waals surface area contributed by atoms with Crippen LogP contribution in [0.5, 0.6) is 0 Å². The minimum Gasteiger partial charge on any atom is -0.440 e. The molecule has 0 radical (unpaired) electrons. The van der Waals surface area contributed by atoms with E-state index in [4.69, 9.17) is 4.42 Å². The van der Waals surface area contributed by atoms with E-state index in [0.29, 0.717) is 13.1 Å². The van der Waals surface area contributed by atoms with Crippen molar-refractivity contribution in [1.82, 2.24) is 14.8 Å². The summed E-state index contributed by atoms with van der Waals surface area (Å²) in [6.07, 6.45) is 3.23. The highest BCUT2D eigenvalue weighted by atomic mass is 16.3. The smallest absolute Gasteiger partial charge is 0.253 e.